The lowest BCUT2D eigenvalue weighted by Gasteiger charge is -2.24. The van der Waals surface area contributed by atoms with Gasteiger partial charge in [0.25, 0.3) is 5.85 Å². The van der Waals surface area contributed by atoms with E-state index in [4.69, 9.17) is 4.74 Å². The smallest absolute Gasteiger partial charge is 0.254 e. The Labute approximate surface area is 104 Å². The lowest BCUT2D eigenvalue weighted by Crippen LogP contribution is -2.50. The van der Waals surface area contributed by atoms with E-state index < -0.39 is 5.85 Å². The highest BCUT2D eigenvalue weighted by molar-refractivity contribution is 5.82. The van der Waals surface area contributed by atoms with Crippen LogP contribution >= 0.6 is 0 Å². The van der Waals surface area contributed by atoms with Gasteiger partial charge in [-0.2, -0.15) is 0 Å². The molecule has 0 aliphatic carbocycles. The van der Waals surface area contributed by atoms with Gasteiger partial charge in [0, 0.05) is 11.9 Å². The number of hydrogen-bond donors (Lipinski definition) is 2. The van der Waals surface area contributed by atoms with E-state index in [0.717, 1.165) is 22.9 Å². The molecule has 1 fully saturated rings. The predicted molar refractivity (Wildman–Crippen MR) is 68.1 cm³/mol. The molecule has 1 aromatic heterocycles. The molecule has 0 amide bonds. The van der Waals surface area contributed by atoms with Crippen LogP contribution in [-0.2, 0) is 9.53 Å². The maximum atomic E-state index is 11.1. The third-order valence-corrected chi connectivity index (χ3v) is 2.91. The highest BCUT2D eigenvalue weighted by atomic mass is 16.5. The van der Waals surface area contributed by atoms with E-state index in [1.165, 1.54) is 0 Å². The summed E-state index contributed by atoms with van der Waals surface area (Å²) < 4.78 is 5.39. The maximum Gasteiger partial charge on any atom is 0.254 e. The number of carbonyl (C=O) groups is 1. The van der Waals surface area contributed by atoms with Crippen LogP contribution in [0, 0.1) is 0 Å². The number of aldehydes is 1. The number of rotatable bonds is 3. The molecule has 5 nitrogen and oxygen atoms in total. The fourth-order valence-corrected chi connectivity index (χ4v) is 2.04. The number of benzene rings is 1. The average Bonchev–Trinajstić information content (AvgIpc) is 2.88. The van der Waals surface area contributed by atoms with Crippen molar-refractivity contribution in [3.05, 3.63) is 36.5 Å². The van der Waals surface area contributed by atoms with E-state index in [0.29, 0.717) is 13.2 Å². The molecule has 1 atom stereocenters. The first kappa shape index (κ1) is 11.1. The van der Waals surface area contributed by atoms with Gasteiger partial charge in [0.2, 0.25) is 0 Å². The number of hydrogen-bond acceptors (Lipinski definition) is 5. The summed E-state index contributed by atoms with van der Waals surface area (Å²) >= 11 is 0. The summed E-state index contributed by atoms with van der Waals surface area (Å²) in [5, 5.41) is 7.03. The molecule has 2 N–H and O–H groups in total. The first-order valence-corrected chi connectivity index (χ1v) is 5.80. The second-order valence-electron chi connectivity index (χ2n) is 4.17. The molecule has 18 heavy (non-hydrogen) atoms. The molecule has 0 bridgehead atoms. The van der Waals surface area contributed by atoms with Crippen molar-refractivity contribution >= 4 is 22.9 Å². The number of nitrogens with one attached hydrogen (secondary N) is 2. The summed E-state index contributed by atoms with van der Waals surface area (Å²) in [5.74, 6) is -1.12. The standard InChI is InChI=1S/C13H13N3O2/c17-9-13(15-5-6-18-13)16-11-7-10-3-1-2-4-12(10)14-8-11/h1-4,7-9,15-16H,5-6H2. The van der Waals surface area contributed by atoms with E-state index in [1.54, 1.807) is 6.20 Å². The highest BCUT2D eigenvalue weighted by Crippen LogP contribution is 2.20. The van der Waals surface area contributed by atoms with Crippen molar-refractivity contribution in [3.8, 4) is 0 Å². The van der Waals surface area contributed by atoms with E-state index in [9.17, 15) is 4.79 Å². The zero-order valence-electron chi connectivity index (χ0n) is 9.72. The van der Waals surface area contributed by atoms with Crippen LogP contribution in [0.4, 0.5) is 5.69 Å². The quantitative estimate of drug-likeness (QED) is 0.791. The molecule has 1 saturated heterocycles. The minimum atomic E-state index is -1.12. The van der Waals surface area contributed by atoms with Crippen molar-refractivity contribution in [2.45, 2.75) is 5.85 Å². The number of fused-ring (bicyclic) bond motifs is 1. The minimum absolute atomic E-state index is 0.507. The Bertz CT molecular complexity index is 579. The second-order valence-corrected chi connectivity index (χ2v) is 4.17. The molecule has 1 aliphatic heterocycles. The molecular weight excluding hydrogens is 230 g/mol. The number of anilines is 1. The largest absolute Gasteiger partial charge is 0.337 e. The van der Waals surface area contributed by atoms with E-state index in [-0.39, 0.29) is 0 Å². The Morgan fingerprint density at radius 1 is 1.44 bits per heavy atom. The number of ether oxygens (including phenoxy) is 1. The molecule has 0 spiro atoms. The Balaban J connectivity index is 1.92. The molecule has 2 heterocycles. The van der Waals surface area contributed by atoms with Crippen LogP contribution in [0.25, 0.3) is 10.9 Å². The van der Waals surface area contributed by atoms with Crippen LogP contribution in [0.15, 0.2) is 36.5 Å². The third kappa shape index (κ3) is 1.94. The zero-order valence-corrected chi connectivity index (χ0v) is 9.72. The third-order valence-electron chi connectivity index (χ3n) is 2.91. The summed E-state index contributed by atoms with van der Waals surface area (Å²) in [6.07, 6.45) is 2.42. The lowest BCUT2D eigenvalue weighted by atomic mass is 10.2. The summed E-state index contributed by atoms with van der Waals surface area (Å²) in [5.41, 5.74) is 1.67. The van der Waals surface area contributed by atoms with Gasteiger partial charge in [0.1, 0.15) is 0 Å². The SMILES string of the molecule is O=CC1(Nc2cnc3ccccc3c2)NCCO1. The van der Waals surface area contributed by atoms with Crippen LogP contribution in [0.5, 0.6) is 0 Å². The van der Waals surface area contributed by atoms with Gasteiger partial charge in [-0.3, -0.25) is 15.1 Å². The molecule has 3 rings (SSSR count). The minimum Gasteiger partial charge on any atom is -0.337 e. The molecule has 5 heteroatoms. The summed E-state index contributed by atoms with van der Waals surface area (Å²) in [6, 6.07) is 9.75. The Morgan fingerprint density at radius 2 is 2.33 bits per heavy atom. The normalized spacial score (nSPS) is 23.1. The van der Waals surface area contributed by atoms with E-state index >= 15 is 0 Å². The van der Waals surface area contributed by atoms with Crippen molar-refractivity contribution in [2.24, 2.45) is 0 Å². The first-order valence-electron chi connectivity index (χ1n) is 5.80. The van der Waals surface area contributed by atoms with Gasteiger partial charge < -0.3 is 10.1 Å². The number of nitrogens with zero attached hydrogens (tertiary/aromatic N) is 1. The van der Waals surface area contributed by atoms with Gasteiger partial charge >= 0.3 is 0 Å². The zero-order chi connectivity index (χ0) is 12.4. The number of pyridine rings is 1. The summed E-state index contributed by atoms with van der Waals surface area (Å²) in [6.45, 7) is 1.15. The van der Waals surface area contributed by atoms with Crippen LogP contribution < -0.4 is 10.6 Å². The van der Waals surface area contributed by atoms with Crippen molar-refractivity contribution in [1.82, 2.24) is 10.3 Å². The fraction of sp³-hybridized carbons (Fsp3) is 0.231. The van der Waals surface area contributed by atoms with E-state index in [1.807, 2.05) is 30.3 Å². The Kier molecular flexibility index (Phi) is 2.70. The maximum absolute atomic E-state index is 11.1. The van der Waals surface area contributed by atoms with Crippen molar-refractivity contribution < 1.29 is 9.53 Å². The van der Waals surface area contributed by atoms with Crippen molar-refractivity contribution in [3.63, 3.8) is 0 Å². The summed E-state index contributed by atoms with van der Waals surface area (Å²) in [4.78, 5) is 15.5. The van der Waals surface area contributed by atoms with E-state index in [2.05, 4.69) is 15.6 Å². The molecule has 0 saturated carbocycles. The van der Waals surface area contributed by atoms with Gasteiger partial charge in [-0.15, -0.1) is 0 Å². The molecule has 1 unspecified atom stereocenters. The topological polar surface area (TPSA) is 63.2 Å². The number of aromatic nitrogens is 1. The molecule has 1 aromatic carbocycles. The van der Waals surface area contributed by atoms with Crippen LogP contribution in [-0.4, -0.2) is 30.3 Å². The van der Waals surface area contributed by atoms with Gasteiger partial charge in [-0.05, 0) is 12.1 Å². The molecule has 2 aromatic rings. The molecule has 92 valence electrons. The van der Waals surface area contributed by atoms with Crippen LogP contribution in [0.1, 0.15) is 0 Å². The van der Waals surface area contributed by atoms with Crippen LogP contribution in [0.3, 0.4) is 0 Å². The monoisotopic (exact) mass is 243 g/mol. The van der Waals surface area contributed by atoms with Crippen molar-refractivity contribution in [1.29, 1.82) is 0 Å². The molecular formula is C13H13N3O2. The Morgan fingerprint density at radius 3 is 3.11 bits per heavy atom. The van der Waals surface area contributed by atoms with Crippen molar-refractivity contribution in [2.75, 3.05) is 18.5 Å². The lowest BCUT2D eigenvalue weighted by molar-refractivity contribution is -0.124. The highest BCUT2D eigenvalue weighted by Gasteiger charge is 2.34. The van der Waals surface area contributed by atoms with Gasteiger partial charge in [0.15, 0.2) is 6.29 Å². The van der Waals surface area contributed by atoms with Crippen LogP contribution in [0.2, 0.25) is 0 Å². The molecule has 1 aliphatic rings. The predicted octanol–water partition coefficient (Wildman–Crippen LogP) is 1.12. The number of para-hydroxylation sites is 1. The number of carbonyl (C=O) groups excluding carboxylic acids is 1. The van der Waals surface area contributed by atoms with Gasteiger partial charge in [-0.1, -0.05) is 18.2 Å². The summed E-state index contributed by atoms with van der Waals surface area (Å²) in [7, 11) is 0. The van der Waals surface area contributed by atoms with Gasteiger partial charge in [0.05, 0.1) is 24.0 Å². The van der Waals surface area contributed by atoms with Gasteiger partial charge in [-0.25, -0.2) is 0 Å². The Hall–Kier alpha value is -1.98. The first-order chi connectivity index (χ1) is 8.81. The average molecular weight is 243 g/mol. The molecule has 0 radical (unpaired) electrons. The fourth-order valence-electron chi connectivity index (χ4n) is 2.04. The second kappa shape index (κ2) is 4.36.